The van der Waals surface area contributed by atoms with Crippen molar-refractivity contribution in [3.63, 3.8) is 0 Å². The van der Waals surface area contributed by atoms with Crippen LogP contribution in [0.1, 0.15) is 46.5 Å². The molecule has 4 atom stereocenters. The van der Waals surface area contributed by atoms with Gasteiger partial charge in [0.15, 0.2) is 0 Å². The van der Waals surface area contributed by atoms with Crippen LogP contribution in [0.2, 0.25) is 0 Å². The van der Waals surface area contributed by atoms with Crippen molar-refractivity contribution in [2.75, 3.05) is 0 Å². The summed E-state index contributed by atoms with van der Waals surface area (Å²) in [6.07, 6.45) is -2.00. The van der Waals surface area contributed by atoms with Gasteiger partial charge in [0.1, 0.15) is 0 Å². The van der Waals surface area contributed by atoms with E-state index >= 15 is 0 Å². The zero-order chi connectivity index (χ0) is 16.8. The van der Waals surface area contributed by atoms with Crippen LogP contribution in [0.25, 0.3) is 32.0 Å². The highest BCUT2D eigenvalue weighted by Crippen LogP contribution is 2.56. The molecule has 24 heavy (non-hydrogen) atoms. The maximum Gasteiger partial charge on any atom is 0.0933 e. The largest absolute Gasteiger partial charge is 0.388 e. The summed E-state index contributed by atoms with van der Waals surface area (Å²) >= 11 is 0. The summed E-state index contributed by atoms with van der Waals surface area (Å²) in [5.74, 6) is 0. The van der Waals surface area contributed by atoms with Crippen molar-refractivity contribution in [1.82, 2.24) is 0 Å². The van der Waals surface area contributed by atoms with Gasteiger partial charge in [0.25, 0.3) is 0 Å². The van der Waals surface area contributed by atoms with Gasteiger partial charge in [0.2, 0.25) is 0 Å². The van der Waals surface area contributed by atoms with Crippen molar-refractivity contribution < 1.29 is 10.2 Å². The average Bonchev–Trinajstić information content (AvgIpc) is 2.61. The van der Waals surface area contributed by atoms with Gasteiger partial charge in [0, 0.05) is 9.82 Å². The van der Waals surface area contributed by atoms with E-state index in [1.165, 1.54) is 0 Å². The van der Waals surface area contributed by atoms with E-state index in [1.807, 2.05) is 0 Å². The quantitative estimate of drug-likeness (QED) is 0.487. The number of benzene rings is 2. The molecule has 118 valence electrons. The van der Waals surface area contributed by atoms with E-state index in [1.54, 1.807) is 36.4 Å². The minimum absolute atomic E-state index is 0.600. The Morgan fingerprint density at radius 2 is 1.08 bits per heavy atom. The van der Waals surface area contributed by atoms with Crippen molar-refractivity contribution in [3.8, 4) is 11.1 Å². The van der Waals surface area contributed by atoms with Crippen molar-refractivity contribution in [2.24, 2.45) is 10.2 Å². The fraction of sp³-hybridized carbons (Fsp3) is 0.250. The summed E-state index contributed by atoms with van der Waals surface area (Å²) in [6.45, 7) is 0. The molecule has 0 aliphatic heterocycles. The van der Waals surface area contributed by atoms with E-state index in [0.717, 1.165) is 11.1 Å². The molecule has 0 saturated carbocycles. The van der Waals surface area contributed by atoms with Gasteiger partial charge in [-0.3, -0.25) is 0 Å². The van der Waals surface area contributed by atoms with Crippen molar-refractivity contribution >= 4 is 0 Å². The first-order valence-electron chi connectivity index (χ1n) is 7.39. The van der Waals surface area contributed by atoms with Crippen LogP contribution in [0.4, 0.5) is 0 Å². The molecule has 0 saturated heterocycles. The summed E-state index contributed by atoms with van der Waals surface area (Å²) < 4.78 is 0. The summed E-state index contributed by atoms with van der Waals surface area (Å²) in [7, 11) is 0. The van der Waals surface area contributed by atoms with E-state index in [-0.39, 0.29) is 0 Å². The summed E-state index contributed by atoms with van der Waals surface area (Å²) in [6, 6.07) is 9.00. The first kappa shape index (κ1) is 14.6. The molecular weight excluding hydrogens is 308 g/mol. The monoisotopic (exact) mass is 320 g/mol. The lowest BCUT2D eigenvalue weighted by molar-refractivity contribution is 0.135. The van der Waals surface area contributed by atoms with Crippen molar-refractivity contribution in [2.45, 2.75) is 24.3 Å². The van der Waals surface area contributed by atoms with Crippen LogP contribution in [-0.4, -0.2) is 10.2 Å². The summed E-state index contributed by atoms with van der Waals surface area (Å²) in [4.78, 5) is 5.71. The molecular formula is C16H12N6O2. The Kier molecular flexibility index (Phi) is 3.19. The molecule has 2 aliphatic carbocycles. The van der Waals surface area contributed by atoms with Crippen LogP contribution >= 0.6 is 0 Å². The standard InChI is InChI=1S/C16H12N6O2/c17-21-19-13-7-3-1-4-8-11(7)12-9(15(13)23)5-2-6-10(12)16(24)14(8)20-22-18/h1-6,13-16,23-24H. The van der Waals surface area contributed by atoms with Crippen LogP contribution in [-0.2, 0) is 0 Å². The average molecular weight is 320 g/mol. The first-order valence-corrected chi connectivity index (χ1v) is 7.39. The van der Waals surface area contributed by atoms with Crippen LogP contribution in [0, 0.1) is 0 Å². The normalized spacial score (nSPS) is 25.9. The second-order valence-corrected chi connectivity index (χ2v) is 5.81. The zero-order valence-electron chi connectivity index (χ0n) is 12.4. The van der Waals surface area contributed by atoms with Crippen molar-refractivity contribution in [3.05, 3.63) is 79.5 Å². The highest BCUT2D eigenvalue weighted by atomic mass is 16.3. The molecule has 4 unspecified atom stereocenters. The lowest BCUT2D eigenvalue weighted by Gasteiger charge is -2.38. The van der Waals surface area contributed by atoms with Gasteiger partial charge < -0.3 is 10.2 Å². The Bertz CT molecular complexity index is 877. The number of aliphatic hydroxyl groups is 2. The van der Waals surface area contributed by atoms with Crippen LogP contribution in [0.15, 0.2) is 46.6 Å². The van der Waals surface area contributed by atoms with Crippen LogP contribution < -0.4 is 0 Å². The molecule has 0 heterocycles. The van der Waals surface area contributed by atoms with E-state index in [0.29, 0.717) is 22.3 Å². The molecule has 0 radical (unpaired) electrons. The molecule has 0 bridgehead atoms. The third-order valence-electron chi connectivity index (χ3n) is 4.73. The zero-order valence-corrected chi connectivity index (χ0v) is 12.4. The number of aliphatic hydroxyl groups excluding tert-OH is 2. The Morgan fingerprint density at radius 3 is 1.50 bits per heavy atom. The highest BCUT2D eigenvalue weighted by molar-refractivity contribution is 5.83. The Hall–Kier alpha value is -3.02. The highest BCUT2D eigenvalue weighted by Gasteiger charge is 2.41. The van der Waals surface area contributed by atoms with Gasteiger partial charge in [-0.05, 0) is 44.4 Å². The molecule has 4 rings (SSSR count). The van der Waals surface area contributed by atoms with E-state index in [9.17, 15) is 10.2 Å². The third kappa shape index (κ3) is 1.76. The van der Waals surface area contributed by atoms with Crippen LogP contribution in [0.3, 0.4) is 0 Å². The molecule has 2 aromatic carbocycles. The number of azide groups is 2. The maximum atomic E-state index is 10.7. The predicted molar refractivity (Wildman–Crippen MR) is 85.6 cm³/mol. The maximum absolute atomic E-state index is 10.7. The van der Waals surface area contributed by atoms with E-state index in [4.69, 9.17) is 11.1 Å². The topological polar surface area (TPSA) is 138 Å². The van der Waals surface area contributed by atoms with Crippen molar-refractivity contribution in [1.29, 1.82) is 0 Å². The van der Waals surface area contributed by atoms with Gasteiger partial charge in [-0.25, -0.2) is 0 Å². The van der Waals surface area contributed by atoms with Gasteiger partial charge >= 0.3 is 0 Å². The van der Waals surface area contributed by atoms with Gasteiger partial charge in [-0.2, -0.15) is 0 Å². The molecule has 2 N–H and O–H groups in total. The second-order valence-electron chi connectivity index (χ2n) is 5.81. The summed E-state index contributed by atoms with van der Waals surface area (Å²) in [5.41, 5.74) is 21.8. The Labute approximate surface area is 136 Å². The Balaban J connectivity index is 2.13. The Morgan fingerprint density at radius 1 is 0.708 bits per heavy atom. The fourth-order valence-corrected chi connectivity index (χ4v) is 3.78. The third-order valence-corrected chi connectivity index (χ3v) is 4.73. The minimum atomic E-state index is -0.998. The molecule has 0 amide bonds. The molecule has 2 aliphatic rings. The number of hydrogen-bond donors (Lipinski definition) is 2. The van der Waals surface area contributed by atoms with Gasteiger partial charge in [0.05, 0.1) is 24.3 Å². The predicted octanol–water partition coefficient (Wildman–Crippen LogP) is 4.15. The lowest BCUT2D eigenvalue weighted by Crippen LogP contribution is -2.24. The SMILES string of the molecule is [N-]=[N+]=NC1c2cccc3c2-c2c(cccc2C(O)C3N=[N+]=[N-])C1O. The van der Waals surface area contributed by atoms with Crippen LogP contribution in [0.5, 0.6) is 0 Å². The molecule has 8 heteroatoms. The van der Waals surface area contributed by atoms with E-state index < -0.39 is 24.3 Å². The fourth-order valence-electron chi connectivity index (χ4n) is 3.78. The first-order chi connectivity index (χ1) is 11.7. The molecule has 0 fully saturated rings. The second kappa shape index (κ2) is 5.26. The molecule has 8 nitrogen and oxygen atoms in total. The van der Waals surface area contributed by atoms with Gasteiger partial charge in [-0.15, -0.1) is 0 Å². The minimum Gasteiger partial charge on any atom is -0.388 e. The smallest absolute Gasteiger partial charge is 0.0933 e. The molecule has 2 aromatic rings. The number of rotatable bonds is 2. The molecule has 0 aromatic heterocycles. The lowest BCUT2D eigenvalue weighted by atomic mass is 9.70. The van der Waals surface area contributed by atoms with Gasteiger partial charge in [-0.1, -0.05) is 46.6 Å². The van der Waals surface area contributed by atoms with E-state index in [2.05, 4.69) is 20.1 Å². The summed E-state index contributed by atoms with van der Waals surface area (Å²) in [5, 5.41) is 28.8. The number of hydrogen-bond acceptors (Lipinski definition) is 4. The number of nitrogens with zero attached hydrogens (tertiary/aromatic N) is 6. The molecule has 0 spiro atoms.